The second-order valence-electron chi connectivity index (χ2n) is 4.02. The molecular weight excluding hydrogens is 300 g/mol. The van der Waals surface area contributed by atoms with Gasteiger partial charge in [-0.2, -0.15) is 15.0 Å². The second kappa shape index (κ2) is 5.22. The van der Waals surface area contributed by atoms with Gasteiger partial charge in [0.1, 0.15) is 5.01 Å². The molecule has 2 N–H and O–H groups in total. The van der Waals surface area contributed by atoms with E-state index in [1.165, 1.54) is 7.11 Å². The molecule has 9 heteroatoms. The molecule has 20 heavy (non-hydrogen) atoms. The van der Waals surface area contributed by atoms with Gasteiger partial charge in [0.15, 0.2) is 17.0 Å². The minimum Gasteiger partial charge on any atom is -0.468 e. The number of hydrogen-bond donors (Lipinski definition) is 2. The van der Waals surface area contributed by atoms with Gasteiger partial charge in [0, 0.05) is 11.6 Å². The number of fused-ring (bicyclic) bond motifs is 1. The minimum absolute atomic E-state index is 0.00754. The number of thiazole rings is 1. The van der Waals surface area contributed by atoms with Gasteiger partial charge in [0.05, 0.1) is 13.2 Å². The molecule has 0 aromatic carbocycles. The Hall–Kier alpha value is -1.93. The molecule has 0 radical (unpaired) electrons. The zero-order valence-electron chi connectivity index (χ0n) is 10.7. The van der Waals surface area contributed by atoms with Crippen LogP contribution in [-0.4, -0.2) is 32.0 Å². The Labute approximate surface area is 123 Å². The van der Waals surface area contributed by atoms with Gasteiger partial charge >= 0.3 is 0 Å². The first-order valence-electron chi connectivity index (χ1n) is 5.80. The van der Waals surface area contributed by atoms with Crippen LogP contribution in [-0.2, 0) is 0 Å². The van der Waals surface area contributed by atoms with E-state index in [2.05, 4.69) is 30.2 Å². The van der Waals surface area contributed by atoms with Crippen molar-refractivity contribution >= 4 is 39.9 Å². The van der Waals surface area contributed by atoms with Crippen LogP contribution in [0.3, 0.4) is 0 Å². The standard InChI is InChI=1S/C11H11ClN6OS/c1-5(9-13-3-4-20-9)14-7-6-8(17-10(12)16-7)18-11(15-6)19-2/h3-5H,1-2H3,(H2,14,15,16,17,18). The molecule has 104 valence electrons. The molecule has 0 aliphatic carbocycles. The number of aromatic amines is 1. The predicted octanol–water partition coefficient (Wildman–Crippen LogP) is 2.64. The number of halogens is 1. The molecule has 0 saturated heterocycles. The molecule has 0 aliphatic rings. The largest absolute Gasteiger partial charge is 0.468 e. The fraction of sp³-hybridized carbons (Fsp3) is 0.273. The SMILES string of the molecule is COc1nc2c(NC(C)c3nccs3)nc(Cl)nc2[nH]1. The Morgan fingerprint density at radius 1 is 1.40 bits per heavy atom. The molecule has 0 saturated carbocycles. The van der Waals surface area contributed by atoms with Crippen LogP contribution in [0.1, 0.15) is 18.0 Å². The van der Waals surface area contributed by atoms with Crippen molar-refractivity contribution in [1.29, 1.82) is 0 Å². The molecule has 3 heterocycles. The first kappa shape index (κ1) is 13.1. The topological polar surface area (TPSA) is 88.6 Å². The molecule has 0 aliphatic heterocycles. The number of methoxy groups -OCH3 is 1. The highest BCUT2D eigenvalue weighted by atomic mass is 35.5. The van der Waals surface area contributed by atoms with Crippen molar-refractivity contribution in [2.75, 3.05) is 12.4 Å². The number of aromatic nitrogens is 5. The lowest BCUT2D eigenvalue weighted by Crippen LogP contribution is -2.08. The Balaban J connectivity index is 1.99. The van der Waals surface area contributed by atoms with Gasteiger partial charge in [-0.3, -0.25) is 4.98 Å². The molecular formula is C11H11ClN6OS. The summed E-state index contributed by atoms with van der Waals surface area (Å²) >= 11 is 7.49. The van der Waals surface area contributed by atoms with E-state index in [1.54, 1.807) is 17.5 Å². The van der Waals surface area contributed by atoms with E-state index < -0.39 is 0 Å². The molecule has 1 unspecified atom stereocenters. The fourth-order valence-electron chi connectivity index (χ4n) is 1.76. The smallest absolute Gasteiger partial charge is 0.295 e. The minimum atomic E-state index is -0.00754. The second-order valence-corrected chi connectivity index (χ2v) is 5.29. The lowest BCUT2D eigenvalue weighted by Gasteiger charge is -2.11. The first-order valence-corrected chi connectivity index (χ1v) is 7.06. The fourth-order valence-corrected chi connectivity index (χ4v) is 2.58. The summed E-state index contributed by atoms with van der Waals surface area (Å²) < 4.78 is 5.06. The highest BCUT2D eigenvalue weighted by Crippen LogP contribution is 2.26. The third-order valence-corrected chi connectivity index (χ3v) is 3.79. The van der Waals surface area contributed by atoms with Crippen molar-refractivity contribution in [3.8, 4) is 6.01 Å². The molecule has 3 rings (SSSR count). The first-order chi connectivity index (χ1) is 9.67. The molecule has 0 amide bonds. The average Bonchev–Trinajstić information content (AvgIpc) is 3.07. The van der Waals surface area contributed by atoms with Gasteiger partial charge < -0.3 is 10.1 Å². The number of nitrogens with zero attached hydrogens (tertiary/aromatic N) is 4. The summed E-state index contributed by atoms with van der Waals surface area (Å²) in [7, 11) is 1.53. The normalized spacial score (nSPS) is 12.6. The summed E-state index contributed by atoms with van der Waals surface area (Å²) in [6.45, 7) is 1.99. The zero-order valence-corrected chi connectivity index (χ0v) is 12.3. The van der Waals surface area contributed by atoms with E-state index in [4.69, 9.17) is 16.3 Å². The Bertz CT molecular complexity index is 728. The number of rotatable bonds is 4. The molecule has 0 bridgehead atoms. The van der Waals surface area contributed by atoms with Gasteiger partial charge in [-0.05, 0) is 18.5 Å². The molecule has 3 aromatic heterocycles. The van der Waals surface area contributed by atoms with Gasteiger partial charge in [-0.1, -0.05) is 0 Å². The summed E-state index contributed by atoms with van der Waals surface area (Å²) in [6, 6.07) is 0.355. The number of hydrogen-bond acceptors (Lipinski definition) is 7. The van der Waals surface area contributed by atoms with E-state index in [0.717, 1.165) is 5.01 Å². The van der Waals surface area contributed by atoms with Crippen molar-refractivity contribution in [3.63, 3.8) is 0 Å². The average molecular weight is 311 g/mol. The lowest BCUT2D eigenvalue weighted by atomic mass is 10.3. The van der Waals surface area contributed by atoms with Crippen LogP contribution in [0.15, 0.2) is 11.6 Å². The van der Waals surface area contributed by atoms with Crippen LogP contribution in [0, 0.1) is 0 Å². The molecule has 0 fully saturated rings. The number of nitrogens with one attached hydrogen (secondary N) is 2. The summed E-state index contributed by atoms with van der Waals surface area (Å²) in [5.74, 6) is 0.544. The van der Waals surface area contributed by atoms with Gasteiger partial charge in [0.2, 0.25) is 5.28 Å². The number of H-pyrrole nitrogens is 1. The molecule has 3 aromatic rings. The maximum atomic E-state index is 5.92. The van der Waals surface area contributed by atoms with Gasteiger partial charge in [-0.25, -0.2) is 4.98 Å². The van der Waals surface area contributed by atoms with E-state index in [1.807, 2.05) is 12.3 Å². The number of imidazole rings is 1. The summed E-state index contributed by atoms with van der Waals surface area (Å²) in [5, 5.41) is 6.25. The van der Waals surface area contributed by atoms with Gasteiger partial charge in [-0.15, -0.1) is 11.3 Å². The van der Waals surface area contributed by atoms with E-state index in [-0.39, 0.29) is 11.3 Å². The molecule has 7 nitrogen and oxygen atoms in total. The maximum absolute atomic E-state index is 5.92. The highest BCUT2D eigenvalue weighted by Gasteiger charge is 2.16. The van der Waals surface area contributed by atoms with Gasteiger partial charge in [0.25, 0.3) is 6.01 Å². The maximum Gasteiger partial charge on any atom is 0.295 e. The third-order valence-electron chi connectivity index (χ3n) is 2.66. The van der Waals surface area contributed by atoms with Crippen LogP contribution in [0.4, 0.5) is 5.82 Å². The van der Waals surface area contributed by atoms with E-state index >= 15 is 0 Å². The molecule has 0 spiro atoms. The van der Waals surface area contributed by atoms with Crippen molar-refractivity contribution in [2.45, 2.75) is 13.0 Å². The van der Waals surface area contributed by atoms with E-state index in [0.29, 0.717) is 23.0 Å². The Morgan fingerprint density at radius 3 is 2.95 bits per heavy atom. The van der Waals surface area contributed by atoms with Crippen molar-refractivity contribution < 1.29 is 4.74 Å². The van der Waals surface area contributed by atoms with Crippen LogP contribution in [0.5, 0.6) is 6.01 Å². The Kier molecular flexibility index (Phi) is 3.41. The highest BCUT2D eigenvalue weighted by molar-refractivity contribution is 7.09. The predicted molar refractivity (Wildman–Crippen MR) is 77.4 cm³/mol. The van der Waals surface area contributed by atoms with Crippen molar-refractivity contribution in [1.82, 2.24) is 24.9 Å². The van der Waals surface area contributed by atoms with Crippen molar-refractivity contribution in [2.24, 2.45) is 0 Å². The lowest BCUT2D eigenvalue weighted by molar-refractivity contribution is 0.386. The third kappa shape index (κ3) is 2.39. The quantitative estimate of drug-likeness (QED) is 0.720. The van der Waals surface area contributed by atoms with Crippen LogP contribution >= 0.6 is 22.9 Å². The van der Waals surface area contributed by atoms with E-state index in [9.17, 15) is 0 Å². The monoisotopic (exact) mass is 310 g/mol. The summed E-state index contributed by atoms with van der Waals surface area (Å²) in [5.41, 5.74) is 1.10. The number of ether oxygens (including phenoxy) is 1. The van der Waals surface area contributed by atoms with Crippen LogP contribution in [0.2, 0.25) is 5.28 Å². The number of anilines is 1. The van der Waals surface area contributed by atoms with Crippen LogP contribution in [0.25, 0.3) is 11.2 Å². The Morgan fingerprint density at radius 2 is 2.25 bits per heavy atom. The van der Waals surface area contributed by atoms with Crippen LogP contribution < -0.4 is 10.1 Å². The zero-order chi connectivity index (χ0) is 14.1. The summed E-state index contributed by atoms with van der Waals surface area (Å²) in [4.78, 5) is 19.7. The summed E-state index contributed by atoms with van der Waals surface area (Å²) in [6.07, 6.45) is 1.76. The van der Waals surface area contributed by atoms with Crippen molar-refractivity contribution in [3.05, 3.63) is 21.9 Å². The molecule has 1 atom stereocenters.